The van der Waals surface area contributed by atoms with Crippen molar-refractivity contribution < 1.29 is 28.2 Å². The van der Waals surface area contributed by atoms with Gasteiger partial charge in [-0.05, 0) is 89.1 Å². The number of ketones is 1. The van der Waals surface area contributed by atoms with Crippen LogP contribution in [0, 0.1) is 17.3 Å². The average molecular weight is 539 g/mol. The number of allylic oxidation sites excluding steroid dienone is 2. The third-order valence-electron chi connectivity index (χ3n) is 7.89. The van der Waals surface area contributed by atoms with E-state index in [0.29, 0.717) is 6.42 Å². The number of unbranched alkanes of at least 4 members (excludes halogenated alkanes) is 1. The molecule has 0 radical (unpaired) electrons. The van der Waals surface area contributed by atoms with Crippen LogP contribution in [-0.4, -0.2) is 58.9 Å². The molecule has 0 bridgehead atoms. The lowest BCUT2D eigenvalue weighted by molar-refractivity contribution is -0.207. The molecule has 0 spiro atoms. The summed E-state index contributed by atoms with van der Waals surface area (Å²) in [4.78, 5) is 11.3. The maximum atomic E-state index is 11.3. The van der Waals surface area contributed by atoms with Crippen molar-refractivity contribution in [3.63, 3.8) is 0 Å². The Labute approximate surface area is 227 Å². The lowest BCUT2D eigenvalue weighted by Gasteiger charge is -2.42. The van der Waals surface area contributed by atoms with Gasteiger partial charge >= 0.3 is 0 Å². The maximum Gasteiger partial charge on any atom is 0.171 e. The zero-order chi connectivity index (χ0) is 26.8. The molecule has 0 aromatic heterocycles. The monoisotopic (exact) mass is 538 g/mol. The van der Waals surface area contributed by atoms with Gasteiger partial charge in [-0.25, -0.2) is 0 Å². The summed E-state index contributed by atoms with van der Waals surface area (Å²) in [6.45, 7) is 14.7. The Hall–Kier alpha value is -0.573. The Bertz CT molecular complexity index is 693. The molecule has 3 fully saturated rings. The minimum Gasteiger partial charge on any atom is -0.417 e. The van der Waals surface area contributed by atoms with Gasteiger partial charge in [0.2, 0.25) is 0 Å². The first-order chi connectivity index (χ1) is 17.6. The van der Waals surface area contributed by atoms with Gasteiger partial charge in [0, 0.05) is 32.0 Å². The van der Waals surface area contributed by atoms with Gasteiger partial charge in [0.05, 0.1) is 18.3 Å². The number of Topliss-reactive ketones (excluding diaryl/α,β-unsaturated/α-hetero) is 1. The smallest absolute Gasteiger partial charge is 0.171 e. The molecule has 3 rings (SSSR count). The van der Waals surface area contributed by atoms with E-state index in [2.05, 4.69) is 46.0 Å². The Kier molecular flexibility index (Phi) is 12.8. The fourth-order valence-corrected chi connectivity index (χ4v) is 7.32. The van der Waals surface area contributed by atoms with Crippen molar-refractivity contribution in [2.75, 3.05) is 13.2 Å². The highest BCUT2D eigenvalue weighted by atomic mass is 28.3. The second kappa shape index (κ2) is 15.3. The lowest BCUT2D eigenvalue weighted by Crippen LogP contribution is -2.47. The molecular formula is C30H54O6Si. The number of hydrogen-bond acceptors (Lipinski definition) is 6. The number of ether oxygens (including phenoxy) is 4. The SMILES string of the molecule is CC(=O)CCCC=CC[C@@H]1[C@H](C(O[SiH](C)C)C(C)(C)C)[C@H](OC2CCCCO2)C[C@@H]1OC1CCCCO1. The molecule has 1 aliphatic carbocycles. The molecule has 2 saturated heterocycles. The molecule has 3 unspecified atom stereocenters. The quantitative estimate of drug-likeness (QED) is 0.150. The van der Waals surface area contributed by atoms with E-state index >= 15 is 0 Å². The first kappa shape index (κ1) is 31.0. The van der Waals surface area contributed by atoms with Gasteiger partial charge in [-0.1, -0.05) is 32.9 Å². The van der Waals surface area contributed by atoms with E-state index in [1.165, 1.54) is 0 Å². The largest absolute Gasteiger partial charge is 0.417 e. The molecule has 3 aliphatic rings. The summed E-state index contributed by atoms with van der Waals surface area (Å²) in [5.41, 5.74) is -0.0172. The fourth-order valence-electron chi connectivity index (χ4n) is 6.15. The summed E-state index contributed by atoms with van der Waals surface area (Å²) in [5.74, 6) is 0.759. The maximum absolute atomic E-state index is 11.3. The summed E-state index contributed by atoms with van der Waals surface area (Å²) >= 11 is 0. The molecule has 0 aromatic carbocycles. The first-order valence-corrected chi connectivity index (χ1v) is 17.8. The van der Waals surface area contributed by atoms with Crippen molar-refractivity contribution in [3.8, 4) is 0 Å². The summed E-state index contributed by atoms with van der Waals surface area (Å²) < 4.78 is 32.4. The summed E-state index contributed by atoms with van der Waals surface area (Å²) in [6, 6.07) is 0. The van der Waals surface area contributed by atoms with E-state index in [0.717, 1.165) is 77.4 Å². The van der Waals surface area contributed by atoms with E-state index in [-0.39, 0.29) is 53.9 Å². The third kappa shape index (κ3) is 10.2. The standard InChI is InChI=1S/C30H54O6Si/c1-22(31)15-9-7-8-10-16-23-24(34-26-17-11-13-19-32-26)21-25(35-27-18-12-14-20-33-27)28(23)29(30(2,3)4)36-37(5)6/h8,10,23-29,37H,7,9,11-21H2,1-6H3/t23-,24-,25+,26?,27?,28-,29?/m0/s1. The van der Waals surface area contributed by atoms with Crippen LogP contribution in [0.15, 0.2) is 12.2 Å². The van der Waals surface area contributed by atoms with Gasteiger partial charge in [0.1, 0.15) is 5.78 Å². The van der Waals surface area contributed by atoms with Crippen LogP contribution in [0.25, 0.3) is 0 Å². The summed E-state index contributed by atoms with van der Waals surface area (Å²) in [7, 11) is -1.30. The van der Waals surface area contributed by atoms with Crippen LogP contribution in [0.1, 0.15) is 98.3 Å². The highest BCUT2D eigenvalue weighted by Gasteiger charge is 2.52. The number of carbonyl (C=O) groups excluding carboxylic acids is 1. The van der Waals surface area contributed by atoms with Crippen molar-refractivity contribution >= 4 is 14.8 Å². The molecule has 2 heterocycles. The van der Waals surface area contributed by atoms with Crippen LogP contribution in [0.3, 0.4) is 0 Å². The predicted molar refractivity (Wildman–Crippen MR) is 150 cm³/mol. The molecule has 6 nitrogen and oxygen atoms in total. The van der Waals surface area contributed by atoms with Crippen LogP contribution in [0.5, 0.6) is 0 Å². The van der Waals surface area contributed by atoms with Crippen LogP contribution in [-0.2, 0) is 28.2 Å². The van der Waals surface area contributed by atoms with E-state index in [1.807, 2.05) is 0 Å². The molecule has 0 amide bonds. The summed E-state index contributed by atoms with van der Waals surface area (Å²) in [6.07, 6.45) is 15.2. The second-order valence-electron chi connectivity index (χ2n) is 12.7. The normalized spacial score (nSPS) is 32.3. The van der Waals surface area contributed by atoms with Crippen LogP contribution in [0.4, 0.5) is 0 Å². The van der Waals surface area contributed by atoms with Gasteiger partial charge in [0.15, 0.2) is 21.6 Å². The van der Waals surface area contributed by atoms with Crippen LogP contribution >= 0.6 is 0 Å². The summed E-state index contributed by atoms with van der Waals surface area (Å²) in [5, 5.41) is 0. The highest BCUT2D eigenvalue weighted by molar-refractivity contribution is 6.48. The van der Waals surface area contributed by atoms with Gasteiger partial charge in [-0.15, -0.1) is 0 Å². The van der Waals surface area contributed by atoms with Crippen molar-refractivity contribution in [2.24, 2.45) is 17.3 Å². The van der Waals surface area contributed by atoms with Crippen molar-refractivity contribution in [2.45, 2.75) is 142 Å². The van der Waals surface area contributed by atoms with E-state index in [1.54, 1.807) is 6.92 Å². The first-order valence-electron chi connectivity index (χ1n) is 15.0. The van der Waals surface area contributed by atoms with E-state index < -0.39 is 9.04 Å². The van der Waals surface area contributed by atoms with Gasteiger partial charge in [-0.3, -0.25) is 0 Å². The molecule has 7 atom stereocenters. The third-order valence-corrected chi connectivity index (χ3v) is 8.73. The number of rotatable bonds is 13. The van der Waals surface area contributed by atoms with Gasteiger partial charge < -0.3 is 28.2 Å². The Morgan fingerprint density at radius 3 is 2.11 bits per heavy atom. The predicted octanol–water partition coefficient (Wildman–Crippen LogP) is 6.57. The fraction of sp³-hybridized carbons (Fsp3) is 0.900. The van der Waals surface area contributed by atoms with Crippen molar-refractivity contribution in [1.82, 2.24) is 0 Å². The second-order valence-corrected chi connectivity index (χ2v) is 15.1. The Morgan fingerprint density at radius 1 is 0.973 bits per heavy atom. The van der Waals surface area contributed by atoms with E-state index in [4.69, 9.17) is 23.4 Å². The molecule has 0 N–H and O–H groups in total. The Morgan fingerprint density at radius 2 is 1.59 bits per heavy atom. The Balaban J connectivity index is 1.84. The van der Waals surface area contributed by atoms with Crippen LogP contribution in [0.2, 0.25) is 13.1 Å². The van der Waals surface area contributed by atoms with Crippen LogP contribution < -0.4 is 0 Å². The topological polar surface area (TPSA) is 63.2 Å². The zero-order valence-electron chi connectivity index (χ0n) is 24.4. The number of carbonyl (C=O) groups is 1. The van der Waals surface area contributed by atoms with Crippen molar-refractivity contribution in [3.05, 3.63) is 12.2 Å². The van der Waals surface area contributed by atoms with Gasteiger partial charge in [-0.2, -0.15) is 0 Å². The van der Waals surface area contributed by atoms with Gasteiger partial charge in [0.25, 0.3) is 0 Å². The van der Waals surface area contributed by atoms with E-state index in [9.17, 15) is 4.79 Å². The molecule has 214 valence electrons. The lowest BCUT2D eigenvalue weighted by atomic mass is 9.75. The highest BCUT2D eigenvalue weighted by Crippen LogP contribution is 2.47. The molecular weight excluding hydrogens is 484 g/mol. The molecule has 0 aromatic rings. The zero-order valence-corrected chi connectivity index (χ0v) is 25.6. The average Bonchev–Trinajstić information content (AvgIpc) is 3.15. The molecule has 1 saturated carbocycles. The minimum absolute atomic E-state index is 0.0172. The minimum atomic E-state index is -1.30. The molecule has 2 aliphatic heterocycles. The van der Waals surface area contributed by atoms with Crippen molar-refractivity contribution in [1.29, 1.82) is 0 Å². The molecule has 7 heteroatoms. The number of hydrogen-bond donors (Lipinski definition) is 0. The molecule has 37 heavy (non-hydrogen) atoms.